The Morgan fingerprint density at radius 2 is 1.94 bits per heavy atom. The third-order valence-corrected chi connectivity index (χ3v) is 2.18. The highest BCUT2D eigenvalue weighted by molar-refractivity contribution is 5.94. The van der Waals surface area contributed by atoms with Gasteiger partial charge >= 0.3 is 5.69 Å². The van der Waals surface area contributed by atoms with E-state index in [1.54, 1.807) is 6.07 Å². The summed E-state index contributed by atoms with van der Waals surface area (Å²) >= 11 is 0. The normalized spacial score (nSPS) is 11.2. The molecule has 0 heterocycles. The zero-order chi connectivity index (χ0) is 12.5. The largest absolute Gasteiger partial charge is 0.366 e. The Labute approximate surface area is 93.0 Å². The molecule has 1 amide bonds. The van der Waals surface area contributed by atoms with Crippen LogP contribution < -0.4 is 10.2 Å². The molecule has 0 aliphatic rings. The lowest BCUT2D eigenvalue weighted by molar-refractivity contribution is -0.384. The van der Waals surface area contributed by atoms with Crippen molar-refractivity contribution in [3.8, 4) is 0 Å². The molecular formula is C10H14N3O3+. The lowest BCUT2D eigenvalue weighted by Gasteiger charge is -2.22. The SMILES string of the molecule is C[N+](C)(C)c1ccc(C(N)=O)cc1[N+](=O)[O-]. The maximum absolute atomic E-state index is 10.9. The second-order valence-electron chi connectivity index (χ2n) is 4.34. The summed E-state index contributed by atoms with van der Waals surface area (Å²) in [5.41, 5.74) is 5.65. The van der Waals surface area contributed by atoms with Crippen LogP contribution in [0.2, 0.25) is 0 Å². The van der Waals surface area contributed by atoms with Crippen LogP contribution in [0, 0.1) is 10.1 Å². The van der Waals surface area contributed by atoms with Gasteiger partial charge in [-0.25, -0.2) is 0 Å². The molecule has 0 bridgehead atoms. The molecule has 1 aromatic carbocycles. The molecule has 0 aliphatic heterocycles. The van der Waals surface area contributed by atoms with Crippen molar-refractivity contribution in [2.45, 2.75) is 0 Å². The van der Waals surface area contributed by atoms with Crippen LogP contribution in [0.15, 0.2) is 18.2 Å². The number of hydrogen-bond acceptors (Lipinski definition) is 3. The number of nitrogens with zero attached hydrogens (tertiary/aromatic N) is 2. The molecular weight excluding hydrogens is 210 g/mol. The van der Waals surface area contributed by atoms with E-state index in [0.717, 1.165) is 0 Å². The topological polar surface area (TPSA) is 86.2 Å². The molecule has 6 nitrogen and oxygen atoms in total. The lowest BCUT2D eigenvalue weighted by Crippen LogP contribution is -2.35. The minimum Gasteiger partial charge on any atom is -0.366 e. The number of carbonyl (C=O) groups excluding carboxylic acids is 1. The van der Waals surface area contributed by atoms with Gasteiger partial charge in [0.25, 0.3) is 0 Å². The quantitative estimate of drug-likeness (QED) is 0.470. The molecule has 16 heavy (non-hydrogen) atoms. The number of nitro groups is 1. The first-order chi connectivity index (χ1) is 7.23. The molecule has 0 saturated heterocycles. The fourth-order valence-corrected chi connectivity index (χ4v) is 1.39. The van der Waals surface area contributed by atoms with E-state index in [2.05, 4.69) is 0 Å². The second kappa shape index (κ2) is 3.90. The van der Waals surface area contributed by atoms with Gasteiger partial charge in [-0.3, -0.25) is 19.4 Å². The maximum Gasteiger partial charge on any atom is 0.330 e. The summed E-state index contributed by atoms with van der Waals surface area (Å²) in [6.07, 6.45) is 0. The van der Waals surface area contributed by atoms with Crippen LogP contribution in [-0.2, 0) is 0 Å². The minimum absolute atomic E-state index is 0.0937. The molecule has 0 radical (unpaired) electrons. The van der Waals surface area contributed by atoms with Crippen molar-refractivity contribution in [2.75, 3.05) is 21.1 Å². The van der Waals surface area contributed by atoms with Gasteiger partial charge in [-0.2, -0.15) is 0 Å². The molecule has 2 N–H and O–H groups in total. The van der Waals surface area contributed by atoms with Crippen LogP contribution in [0.4, 0.5) is 11.4 Å². The van der Waals surface area contributed by atoms with E-state index in [1.165, 1.54) is 12.1 Å². The average Bonchev–Trinajstić information content (AvgIpc) is 2.15. The Morgan fingerprint density at radius 3 is 2.31 bits per heavy atom. The maximum atomic E-state index is 10.9. The van der Waals surface area contributed by atoms with E-state index in [4.69, 9.17) is 5.73 Å². The van der Waals surface area contributed by atoms with Gasteiger partial charge in [0, 0.05) is 17.7 Å². The first-order valence-corrected chi connectivity index (χ1v) is 4.63. The fourth-order valence-electron chi connectivity index (χ4n) is 1.39. The smallest absolute Gasteiger partial charge is 0.330 e. The van der Waals surface area contributed by atoms with Crippen LogP contribution in [0.3, 0.4) is 0 Å². The van der Waals surface area contributed by atoms with Crippen molar-refractivity contribution in [1.29, 1.82) is 0 Å². The molecule has 0 atom stereocenters. The van der Waals surface area contributed by atoms with Crippen molar-refractivity contribution >= 4 is 17.3 Å². The van der Waals surface area contributed by atoms with Gasteiger partial charge in [0.2, 0.25) is 11.6 Å². The number of benzene rings is 1. The minimum atomic E-state index is -0.670. The number of nitrogens with two attached hydrogens (primary N) is 1. The van der Waals surface area contributed by atoms with Crippen molar-refractivity contribution in [2.24, 2.45) is 5.73 Å². The number of quaternary nitrogens is 1. The van der Waals surface area contributed by atoms with Crippen molar-refractivity contribution < 1.29 is 9.72 Å². The molecule has 0 spiro atoms. The summed E-state index contributed by atoms with van der Waals surface area (Å²) in [5, 5.41) is 10.9. The molecule has 0 aliphatic carbocycles. The summed E-state index contributed by atoms with van der Waals surface area (Å²) < 4.78 is 0.301. The van der Waals surface area contributed by atoms with Gasteiger partial charge in [-0.1, -0.05) is 0 Å². The van der Waals surface area contributed by atoms with E-state index < -0.39 is 10.8 Å². The Hall–Kier alpha value is -1.95. The number of hydrogen-bond donors (Lipinski definition) is 1. The molecule has 1 aromatic rings. The van der Waals surface area contributed by atoms with Gasteiger partial charge in [0.1, 0.15) is 0 Å². The molecule has 0 unspecified atom stereocenters. The summed E-state index contributed by atoms with van der Waals surface area (Å²) in [4.78, 5) is 21.3. The molecule has 6 heteroatoms. The average molecular weight is 224 g/mol. The predicted molar refractivity (Wildman–Crippen MR) is 61.2 cm³/mol. The molecule has 0 saturated carbocycles. The predicted octanol–water partition coefficient (Wildman–Crippen LogP) is 0.890. The van der Waals surface area contributed by atoms with E-state index in [-0.39, 0.29) is 11.3 Å². The third-order valence-electron chi connectivity index (χ3n) is 2.18. The zero-order valence-corrected chi connectivity index (χ0v) is 9.43. The Morgan fingerprint density at radius 1 is 1.38 bits per heavy atom. The molecule has 0 aromatic heterocycles. The highest BCUT2D eigenvalue weighted by Gasteiger charge is 2.26. The van der Waals surface area contributed by atoms with Crippen molar-refractivity contribution in [3.05, 3.63) is 33.9 Å². The highest BCUT2D eigenvalue weighted by Crippen LogP contribution is 2.30. The van der Waals surface area contributed by atoms with Gasteiger partial charge in [0.15, 0.2) is 0 Å². The molecule has 86 valence electrons. The van der Waals surface area contributed by atoms with Crippen LogP contribution in [0.25, 0.3) is 0 Å². The Kier molecular flexibility index (Phi) is 2.95. The van der Waals surface area contributed by atoms with Gasteiger partial charge < -0.3 is 5.73 Å². The number of primary amides is 1. The summed E-state index contributed by atoms with van der Waals surface area (Å²) in [6.45, 7) is 0. The Bertz CT molecular complexity index is 449. The van der Waals surface area contributed by atoms with E-state index in [0.29, 0.717) is 10.2 Å². The van der Waals surface area contributed by atoms with E-state index in [1.807, 2.05) is 21.1 Å². The van der Waals surface area contributed by atoms with Crippen LogP contribution >= 0.6 is 0 Å². The highest BCUT2D eigenvalue weighted by atomic mass is 16.6. The standard InChI is InChI=1S/C10H13N3O3/c1-13(2,3)9-5-4-7(10(11)14)6-8(9)12(15)16/h4-6H,1-3H3,(H-,11,14)/p+1. The van der Waals surface area contributed by atoms with Crippen LogP contribution in [-0.4, -0.2) is 32.0 Å². The third kappa shape index (κ3) is 2.34. The van der Waals surface area contributed by atoms with Gasteiger partial charge in [-0.05, 0) is 6.07 Å². The van der Waals surface area contributed by atoms with Crippen LogP contribution in [0.5, 0.6) is 0 Å². The first kappa shape index (κ1) is 12.1. The van der Waals surface area contributed by atoms with E-state index >= 15 is 0 Å². The molecule has 0 fully saturated rings. The number of carbonyl (C=O) groups is 1. The second-order valence-corrected chi connectivity index (χ2v) is 4.34. The summed E-state index contributed by atoms with van der Waals surface area (Å²) in [5.74, 6) is -0.670. The fraction of sp³-hybridized carbons (Fsp3) is 0.300. The monoisotopic (exact) mass is 224 g/mol. The molecule has 1 rings (SSSR count). The number of rotatable bonds is 3. The first-order valence-electron chi connectivity index (χ1n) is 4.63. The van der Waals surface area contributed by atoms with E-state index in [9.17, 15) is 14.9 Å². The number of nitro benzene ring substituents is 1. The van der Waals surface area contributed by atoms with Crippen molar-refractivity contribution in [3.63, 3.8) is 0 Å². The Balaban J connectivity index is 3.43. The summed E-state index contributed by atoms with van der Waals surface area (Å²) in [6, 6.07) is 4.26. The lowest BCUT2D eigenvalue weighted by atomic mass is 10.1. The van der Waals surface area contributed by atoms with Crippen molar-refractivity contribution in [1.82, 2.24) is 4.48 Å². The summed E-state index contributed by atoms with van der Waals surface area (Å²) in [7, 11) is 5.44. The van der Waals surface area contributed by atoms with Gasteiger partial charge in [0.05, 0.1) is 26.1 Å². The van der Waals surface area contributed by atoms with Gasteiger partial charge in [-0.15, -0.1) is 0 Å². The van der Waals surface area contributed by atoms with Crippen LogP contribution in [0.1, 0.15) is 10.4 Å². The zero-order valence-electron chi connectivity index (χ0n) is 9.43. The number of amides is 1.